The highest BCUT2D eigenvalue weighted by molar-refractivity contribution is 9.08. The van der Waals surface area contributed by atoms with E-state index in [0.717, 1.165) is 30.2 Å². The van der Waals surface area contributed by atoms with Crippen molar-refractivity contribution in [2.75, 3.05) is 0 Å². The molecule has 1 fully saturated rings. The fraction of sp³-hybridized carbons (Fsp3) is 0.455. The Morgan fingerprint density at radius 2 is 1.88 bits per heavy atom. The first-order valence-electron chi connectivity index (χ1n) is 5.29. The quantitative estimate of drug-likeness (QED) is 0.868. The molecule has 1 aromatic rings. The summed E-state index contributed by atoms with van der Waals surface area (Å²) in [5.41, 5.74) is 1.07. The lowest BCUT2D eigenvalue weighted by Gasteiger charge is -2.26. The van der Waals surface area contributed by atoms with Gasteiger partial charge < -0.3 is 0 Å². The summed E-state index contributed by atoms with van der Waals surface area (Å²) in [5, 5.41) is 0.739. The van der Waals surface area contributed by atoms with Crippen molar-refractivity contribution >= 4 is 26.0 Å². The number of rotatable bonds is 4. The van der Waals surface area contributed by atoms with Crippen LogP contribution >= 0.6 is 15.9 Å². The smallest absolute Gasteiger partial charge is 0.208 e. The van der Waals surface area contributed by atoms with Crippen LogP contribution in [0.3, 0.4) is 0 Å². The molecule has 2 rings (SSSR count). The molecule has 1 N–H and O–H groups in total. The van der Waals surface area contributed by atoms with Gasteiger partial charge in [0.25, 0.3) is 0 Å². The van der Waals surface area contributed by atoms with Crippen LogP contribution in [0.1, 0.15) is 24.8 Å². The molecular weight excluding hydrogens is 290 g/mol. The topological polar surface area (TPSA) is 46.2 Å². The van der Waals surface area contributed by atoms with E-state index in [1.54, 1.807) is 12.1 Å². The normalized spacial score (nSPS) is 17.1. The highest BCUT2D eigenvalue weighted by Crippen LogP contribution is 2.21. The van der Waals surface area contributed by atoms with E-state index in [1.165, 1.54) is 0 Å². The van der Waals surface area contributed by atoms with Gasteiger partial charge in [-0.25, -0.2) is 13.1 Å². The number of benzene rings is 1. The Morgan fingerprint density at radius 1 is 1.25 bits per heavy atom. The number of halogens is 1. The van der Waals surface area contributed by atoms with Gasteiger partial charge in [0.1, 0.15) is 0 Å². The monoisotopic (exact) mass is 303 g/mol. The van der Waals surface area contributed by atoms with Gasteiger partial charge in [-0.05, 0) is 30.5 Å². The lowest BCUT2D eigenvalue weighted by atomic mass is 9.94. The molecule has 0 unspecified atom stereocenters. The van der Waals surface area contributed by atoms with E-state index in [-0.39, 0.29) is 6.04 Å². The first kappa shape index (κ1) is 12.1. The van der Waals surface area contributed by atoms with Crippen molar-refractivity contribution in [1.82, 2.24) is 4.72 Å². The number of nitrogens with one attached hydrogen (secondary N) is 1. The molecule has 0 aliphatic heterocycles. The van der Waals surface area contributed by atoms with E-state index < -0.39 is 10.0 Å². The molecule has 88 valence electrons. The van der Waals surface area contributed by atoms with Gasteiger partial charge in [0, 0.05) is 11.4 Å². The highest BCUT2D eigenvalue weighted by Gasteiger charge is 2.24. The van der Waals surface area contributed by atoms with Crippen LogP contribution in [-0.2, 0) is 15.4 Å². The molecule has 0 bridgehead atoms. The largest absolute Gasteiger partial charge is 0.240 e. The Hall–Kier alpha value is -0.390. The van der Waals surface area contributed by atoms with Crippen LogP contribution in [0.4, 0.5) is 0 Å². The Morgan fingerprint density at radius 3 is 2.31 bits per heavy atom. The second-order valence-electron chi connectivity index (χ2n) is 4.03. The van der Waals surface area contributed by atoms with Crippen LogP contribution in [0.5, 0.6) is 0 Å². The van der Waals surface area contributed by atoms with Gasteiger partial charge in [-0.1, -0.05) is 34.5 Å². The van der Waals surface area contributed by atoms with Gasteiger partial charge >= 0.3 is 0 Å². The Kier molecular flexibility index (Phi) is 3.66. The molecule has 1 aromatic carbocycles. The molecule has 0 atom stereocenters. The second-order valence-corrected chi connectivity index (χ2v) is 6.30. The Labute approximate surface area is 104 Å². The van der Waals surface area contributed by atoms with Gasteiger partial charge in [-0.2, -0.15) is 0 Å². The summed E-state index contributed by atoms with van der Waals surface area (Å²) in [6.07, 6.45) is 3.03. The first-order chi connectivity index (χ1) is 7.62. The number of hydrogen-bond acceptors (Lipinski definition) is 2. The predicted molar refractivity (Wildman–Crippen MR) is 67.0 cm³/mol. The zero-order chi connectivity index (χ0) is 11.6. The molecule has 0 aromatic heterocycles. The van der Waals surface area contributed by atoms with Crippen molar-refractivity contribution in [2.24, 2.45) is 0 Å². The van der Waals surface area contributed by atoms with Crippen molar-refractivity contribution in [2.45, 2.75) is 35.5 Å². The number of hydrogen-bond donors (Lipinski definition) is 1. The molecule has 0 saturated heterocycles. The molecule has 16 heavy (non-hydrogen) atoms. The Bertz CT molecular complexity index is 451. The van der Waals surface area contributed by atoms with Crippen LogP contribution < -0.4 is 4.72 Å². The van der Waals surface area contributed by atoms with E-state index in [0.29, 0.717) is 4.90 Å². The molecular formula is C11H14BrNO2S. The van der Waals surface area contributed by atoms with Gasteiger partial charge in [0.05, 0.1) is 4.90 Å². The minimum absolute atomic E-state index is 0.140. The molecule has 5 heteroatoms. The van der Waals surface area contributed by atoms with E-state index in [2.05, 4.69) is 20.7 Å². The first-order valence-corrected chi connectivity index (χ1v) is 7.89. The summed E-state index contributed by atoms with van der Waals surface area (Å²) in [6.45, 7) is 0. The lowest BCUT2D eigenvalue weighted by Crippen LogP contribution is -2.39. The highest BCUT2D eigenvalue weighted by atomic mass is 79.9. The van der Waals surface area contributed by atoms with Crippen molar-refractivity contribution in [3.05, 3.63) is 29.8 Å². The van der Waals surface area contributed by atoms with Crippen molar-refractivity contribution < 1.29 is 8.42 Å². The zero-order valence-electron chi connectivity index (χ0n) is 8.82. The van der Waals surface area contributed by atoms with Crippen molar-refractivity contribution in [1.29, 1.82) is 0 Å². The summed E-state index contributed by atoms with van der Waals surface area (Å²) in [6, 6.07) is 7.09. The molecule has 1 aliphatic rings. The van der Waals surface area contributed by atoms with Crippen molar-refractivity contribution in [3.8, 4) is 0 Å². The summed E-state index contributed by atoms with van der Waals surface area (Å²) in [4.78, 5) is 0.351. The van der Waals surface area contributed by atoms with Crippen LogP contribution in [-0.4, -0.2) is 14.5 Å². The maximum absolute atomic E-state index is 11.9. The van der Waals surface area contributed by atoms with E-state index in [1.807, 2.05) is 12.1 Å². The van der Waals surface area contributed by atoms with Crippen LogP contribution in [0, 0.1) is 0 Å². The van der Waals surface area contributed by atoms with E-state index in [4.69, 9.17) is 0 Å². The van der Waals surface area contributed by atoms with Crippen LogP contribution in [0.2, 0.25) is 0 Å². The zero-order valence-corrected chi connectivity index (χ0v) is 11.2. The fourth-order valence-electron chi connectivity index (χ4n) is 1.57. The van der Waals surface area contributed by atoms with E-state index >= 15 is 0 Å². The van der Waals surface area contributed by atoms with Gasteiger partial charge in [-0.3, -0.25) is 0 Å². The third kappa shape index (κ3) is 2.64. The van der Waals surface area contributed by atoms with Gasteiger partial charge in [-0.15, -0.1) is 0 Å². The van der Waals surface area contributed by atoms with Crippen LogP contribution in [0.15, 0.2) is 29.2 Å². The maximum atomic E-state index is 11.9. The van der Waals surface area contributed by atoms with Crippen molar-refractivity contribution in [3.63, 3.8) is 0 Å². The molecule has 1 saturated carbocycles. The average molecular weight is 304 g/mol. The summed E-state index contributed by atoms with van der Waals surface area (Å²) >= 11 is 3.33. The predicted octanol–water partition coefficient (Wildman–Crippen LogP) is 2.41. The fourth-order valence-corrected chi connectivity index (χ4v) is 3.25. The molecule has 0 amide bonds. The number of alkyl halides is 1. The summed E-state index contributed by atoms with van der Waals surface area (Å²) in [7, 11) is -3.31. The third-order valence-corrected chi connectivity index (χ3v) is 5.00. The van der Waals surface area contributed by atoms with Gasteiger partial charge in [0.15, 0.2) is 0 Å². The average Bonchev–Trinajstić information content (AvgIpc) is 2.24. The second kappa shape index (κ2) is 4.85. The summed E-state index contributed by atoms with van der Waals surface area (Å²) < 4.78 is 26.5. The Balaban J connectivity index is 2.14. The van der Waals surface area contributed by atoms with Gasteiger partial charge in [0.2, 0.25) is 10.0 Å². The molecule has 3 nitrogen and oxygen atoms in total. The molecule has 1 aliphatic carbocycles. The third-order valence-electron chi connectivity index (χ3n) is 2.81. The molecule has 0 heterocycles. The molecule has 0 radical (unpaired) electrons. The SMILES string of the molecule is O=S(=O)(NC1CCC1)c1ccc(CBr)cc1. The summed E-state index contributed by atoms with van der Waals surface area (Å²) in [5.74, 6) is 0. The minimum Gasteiger partial charge on any atom is -0.208 e. The maximum Gasteiger partial charge on any atom is 0.240 e. The molecule has 0 spiro atoms. The number of sulfonamides is 1. The standard InChI is InChI=1S/C11H14BrNO2S/c12-8-9-4-6-11(7-5-9)16(14,15)13-10-2-1-3-10/h4-7,10,13H,1-3,8H2. The van der Waals surface area contributed by atoms with Crippen LogP contribution in [0.25, 0.3) is 0 Å². The minimum atomic E-state index is -3.31. The van der Waals surface area contributed by atoms with E-state index in [9.17, 15) is 8.42 Å². The lowest BCUT2D eigenvalue weighted by molar-refractivity contribution is 0.383.